The molecule has 0 atom stereocenters. The molecule has 23 heavy (non-hydrogen) atoms. The summed E-state index contributed by atoms with van der Waals surface area (Å²) < 4.78 is 13.1. The van der Waals surface area contributed by atoms with Crippen molar-refractivity contribution in [1.82, 2.24) is 15.0 Å². The molecule has 0 saturated carbocycles. The second-order valence-corrected chi connectivity index (χ2v) is 5.30. The van der Waals surface area contributed by atoms with Gasteiger partial charge in [0, 0.05) is 22.3 Å². The molecule has 0 aliphatic carbocycles. The molecule has 0 aliphatic heterocycles. The van der Waals surface area contributed by atoms with E-state index in [-0.39, 0.29) is 5.82 Å². The maximum atomic E-state index is 13.1. The van der Waals surface area contributed by atoms with Crippen LogP contribution in [-0.4, -0.2) is 15.0 Å². The first-order chi connectivity index (χ1) is 11.2. The van der Waals surface area contributed by atoms with Crippen LogP contribution in [0.3, 0.4) is 0 Å². The number of aromatic nitrogens is 3. The Morgan fingerprint density at radius 2 is 1.57 bits per heavy atom. The number of rotatable bonds is 2. The van der Waals surface area contributed by atoms with E-state index in [1.54, 1.807) is 12.1 Å². The van der Waals surface area contributed by atoms with E-state index in [2.05, 4.69) is 15.0 Å². The number of nitrogens with zero attached hydrogens (tertiary/aromatic N) is 2. The lowest BCUT2D eigenvalue weighted by atomic mass is 10.1. The van der Waals surface area contributed by atoms with Gasteiger partial charge in [0.15, 0.2) is 0 Å². The third kappa shape index (κ3) is 2.42. The summed E-state index contributed by atoms with van der Waals surface area (Å²) in [4.78, 5) is 11.9. The monoisotopic (exact) mass is 304 g/mol. The molecule has 0 amide bonds. The van der Waals surface area contributed by atoms with Gasteiger partial charge in [0.05, 0.1) is 5.69 Å². The third-order valence-electron chi connectivity index (χ3n) is 3.77. The number of nitrogens with two attached hydrogens (primary N) is 1. The number of H-pyrrole nitrogens is 1. The fourth-order valence-corrected chi connectivity index (χ4v) is 2.60. The molecule has 0 radical (unpaired) electrons. The summed E-state index contributed by atoms with van der Waals surface area (Å²) >= 11 is 0. The molecule has 0 saturated heterocycles. The molecule has 0 aliphatic rings. The van der Waals surface area contributed by atoms with Crippen LogP contribution in [0, 0.1) is 5.82 Å². The highest BCUT2D eigenvalue weighted by Crippen LogP contribution is 2.30. The Balaban J connectivity index is 1.87. The Kier molecular flexibility index (Phi) is 3.05. The highest BCUT2D eigenvalue weighted by molar-refractivity contribution is 5.94. The van der Waals surface area contributed by atoms with E-state index in [9.17, 15) is 4.39 Å². The van der Waals surface area contributed by atoms with Crippen molar-refractivity contribution in [3.63, 3.8) is 0 Å². The normalized spacial score (nSPS) is 11.0. The average Bonchev–Trinajstić information content (AvgIpc) is 3.00. The Morgan fingerprint density at radius 1 is 0.870 bits per heavy atom. The van der Waals surface area contributed by atoms with Crippen LogP contribution in [0.1, 0.15) is 0 Å². The summed E-state index contributed by atoms with van der Waals surface area (Å²) in [6, 6.07) is 15.9. The number of hydrogen-bond donors (Lipinski definition) is 2. The van der Waals surface area contributed by atoms with Crippen molar-refractivity contribution in [2.24, 2.45) is 0 Å². The van der Waals surface area contributed by atoms with Crippen LogP contribution < -0.4 is 5.73 Å². The van der Waals surface area contributed by atoms with Gasteiger partial charge in [0.25, 0.3) is 0 Å². The summed E-state index contributed by atoms with van der Waals surface area (Å²) in [5.41, 5.74) is 10.8. The van der Waals surface area contributed by atoms with E-state index in [4.69, 9.17) is 5.73 Å². The lowest BCUT2D eigenvalue weighted by Gasteiger charge is -2.02. The van der Waals surface area contributed by atoms with Gasteiger partial charge in [-0.05, 0) is 48.0 Å². The molecule has 0 unspecified atom stereocenters. The molecule has 0 fully saturated rings. The number of nitrogens with one attached hydrogen (secondary N) is 1. The smallest absolute Gasteiger partial charge is 0.141 e. The summed E-state index contributed by atoms with van der Waals surface area (Å²) in [5.74, 6) is -0.257. The first kappa shape index (κ1) is 13.5. The van der Waals surface area contributed by atoms with Crippen LogP contribution in [0.2, 0.25) is 0 Å². The van der Waals surface area contributed by atoms with Crippen molar-refractivity contribution in [2.75, 3.05) is 5.73 Å². The van der Waals surface area contributed by atoms with Gasteiger partial charge in [-0.1, -0.05) is 12.1 Å². The molecule has 0 bridgehead atoms. The zero-order valence-corrected chi connectivity index (χ0v) is 12.1. The number of halogens is 1. The number of hydrogen-bond acceptors (Lipinski definition) is 3. The molecule has 0 spiro atoms. The maximum absolute atomic E-state index is 13.1. The van der Waals surface area contributed by atoms with Gasteiger partial charge in [0.2, 0.25) is 0 Å². The topological polar surface area (TPSA) is 67.6 Å². The Bertz CT molecular complexity index is 972. The number of fused-ring (bicyclic) bond motifs is 1. The largest absolute Gasteiger partial charge is 0.399 e. The molecule has 2 aromatic carbocycles. The van der Waals surface area contributed by atoms with Crippen LogP contribution in [0.5, 0.6) is 0 Å². The quantitative estimate of drug-likeness (QED) is 0.550. The van der Waals surface area contributed by atoms with Crippen molar-refractivity contribution in [1.29, 1.82) is 0 Å². The average molecular weight is 304 g/mol. The highest BCUT2D eigenvalue weighted by atomic mass is 19.1. The first-order valence-electron chi connectivity index (χ1n) is 7.16. The predicted octanol–water partition coefficient (Wildman–Crippen LogP) is 4.01. The molecule has 112 valence electrons. The van der Waals surface area contributed by atoms with Crippen LogP contribution in [-0.2, 0) is 0 Å². The predicted molar refractivity (Wildman–Crippen MR) is 89.1 cm³/mol. The highest BCUT2D eigenvalue weighted by Gasteiger charge is 2.11. The van der Waals surface area contributed by atoms with Crippen molar-refractivity contribution in [3.8, 4) is 22.5 Å². The second kappa shape index (κ2) is 5.21. The van der Waals surface area contributed by atoms with Crippen LogP contribution in [0.15, 0.2) is 60.9 Å². The fraction of sp³-hybridized carbons (Fsp3) is 0. The van der Waals surface area contributed by atoms with Crippen molar-refractivity contribution in [3.05, 3.63) is 66.7 Å². The molecule has 2 aromatic heterocycles. The summed E-state index contributed by atoms with van der Waals surface area (Å²) in [5, 5.41) is 0.914. The van der Waals surface area contributed by atoms with Crippen molar-refractivity contribution < 1.29 is 4.39 Å². The van der Waals surface area contributed by atoms with Gasteiger partial charge in [-0.3, -0.25) is 0 Å². The fourth-order valence-electron chi connectivity index (χ4n) is 2.60. The molecular weight excluding hydrogens is 291 g/mol. The number of aromatic amines is 1. The molecule has 4 aromatic rings. The van der Waals surface area contributed by atoms with Crippen molar-refractivity contribution >= 4 is 16.7 Å². The van der Waals surface area contributed by atoms with Gasteiger partial charge in [-0.25, -0.2) is 14.4 Å². The van der Waals surface area contributed by atoms with E-state index >= 15 is 0 Å². The third-order valence-corrected chi connectivity index (χ3v) is 3.77. The number of anilines is 1. The van der Waals surface area contributed by atoms with Crippen LogP contribution in [0.4, 0.5) is 10.1 Å². The Morgan fingerprint density at radius 3 is 2.30 bits per heavy atom. The first-order valence-corrected chi connectivity index (χ1v) is 7.16. The van der Waals surface area contributed by atoms with Gasteiger partial charge in [-0.15, -0.1) is 0 Å². The molecule has 5 heteroatoms. The van der Waals surface area contributed by atoms with Gasteiger partial charge in [0.1, 0.15) is 17.8 Å². The molecule has 4 rings (SSSR count). The lowest BCUT2D eigenvalue weighted by molar-refractivity contribution is 0.628. The number of benzene rings is 2. The molecule has 2 heterocycles. The minimum absolute atomic E-state index is 0.257. The van der Waals surface area contributed by atoms with Gasteiger partial charge < -0.3 is 10.7 Å². The summed E-state index contributed by atoms with van der Waals surface area (Å²) in [6.45, 7) is 0. The standard InChI is InChI=1S/C18H13FN4/c19-13-5-1-11(2-6-13)16-9-15-17(21-10-22-18(15)23-16)12-3-7-14(20)8-4-12/h1-10H,20H2,(H,21,22,23). The molecule has 4 nitrogen and oxygen atoms in total. The van der Waals surface area contributed by atoms with Gasteiger partial charge in [-0.2, -0.15) is 0 Å². The molecule has 3 N–H and O–H groups in total. The van der Waals surface area contributed by atoms with E-state index in [1.165, 1.54) is 18.5 Å². The molecular formula is C18H13FN4. The maximum Gasteiger partial charge on any atom is 0.141 e. The minimum Gasteiger partial charge on any atom is -0.399 e. The second-order valence-electron chi connectivity index (χ2n) is 5.30. The summed E-state index contributed by atoms with van der Waals surface area (Å²) in [7, 11) is 0. The number of nitrogen functional groups attached to an aromatic ring is 1. The zero-order valence-electron chi connectivity index (χ0n) is 12.1. The zero-order chi connectivity index (χ0) is 15.8. The summed E-state index contributed by atoms with van der Waals surface area (Å²) in [6.07, 6.45) is 1.53. The van der Waals surface area contributed by atoms with E-state index in [0.717, 1.165) is 33.5 Å². The van der Waals surface area contributed by atoms with Gasteiger partial charge >= 0.3 is 0 Å². The lowest BCUT2D eigenvalue weighted by Crippen LogP contribution is -1.88. The minimum atomic E-state index is -0.257. The van der Waals surface area contributed by atoms with Crippen molar-refractivity contribution in [2.45, 2.75) is 0 Å². The van der Waals surface area contributed by atoms with E-state index < -0.39 is 0 Å². The van der Waals surface area contributed by atoms with E-state index in [0.29, 0.717) is 5.69 Å². The van der Waals surface area contributed by atoms with Crippen LogP contribution in [0.25, 0.3) is 33.5 Å². The Labute approximate surface area is 131 Å². The Hall–Kier alpha value is -3.21. The van der Waals surface area contributed by atoms with E-state index in [1.807, 2.05) is 30.3 Å². The SMILES string of the molecule is Nc1ccc(-c2ncnc3[nH]c(-c4ccc(F)cc4)cc23)cc1. The van der Waals surface area contributed by atoms with Crippen LogP contribution >= 0.6 is 0 Å².